The van der Waals surface area contributed by atoms with Gasteiger partial charge in [0.05, 0.1) is 46.2 Å². The SMILES string of the molecule is NCCOCCN1CCCCN(CCC23CC4CC(CC(C4)C2)C3)C[C@H]2O[C@@H]3O[C@H]4C(O)C(O)[C@H](O[C@@H]4CO)O[C@H]4C(O)C(O)[C@H](O[C@@H]4CO)O[C@H]4C(O)C(O)[C@H](O[C@@H]4CO)O[C@H]4C(O)C(O)[C@H](O[C@@H]4C1)O[C@H]1C(O)C(O)[C@H](O[C@@H]1CO)O[C@H]1C(O)C(O)[C@H](O[C@@H]1CO)O[C@H]2C(O)C3O. The van der Waals surface area contributed by atoms with E-state index in [1.807, 2.05) is 4.90 Å². The van der Waals surface area contributed by atoms with E-state index in [0.29, 0.717) is 43.7 Å². The highest BCUT2D eigenvalue weighted by Crippen LogP contribution is 2.61. The predicted molar refractivity (Wildman–Crippen MR) is 321 cm³/mol. The van der Waals surface area contributed by atoms with Crippen molar-refractivity contribution in [1.29, 1.82) is 0 Å². The second-order valence-electron chi connectivity index (χ2n) is 29.2. The van der Waals surface area contributed by atoms with E-state index >= 15 is 0 Å². The van der Waals surface area contributed by atoms with Crippen LogP contribution in [0.4, 0.5) is 0 Å². The number of aliphatic hydroxyl groups is 19. The first-order chi connectivity index (χ1) is 47.5. The van der Waals surface area contributed by atoms with E-state index in [1.165, 1.54) is 19.3 Å². The summed E-state index contributed by atoms with van der Waals surface area (Å²) in [6, 6.07) is 0. The molecule has 18 fully saturated rings. The summed E-state index contributed by atoms with van der Waals surface area (Å²) in [6.45, 7) is -3.82. The number of nitrogens with two attached hydrogens (primary N) is 1. The zero-order chi connectivity index (χ0) is 70.5. The Kier molecular flexibility index (Phi) is 26.0. The molecule has 21 N–H and O–H groups in total. The van der Waals surface area contributed by atoms with Gasteiger partial charge in [-0.1, -0.05) is 0 Å². The summed E-state index contributed by atoms with van der Waals surface area (Å²) in [5.74, 6) is 1.74. The molecule has 35 atom stereocenters. The Morgan fingerprint density at radius 1 is 0.323 bits per heavy atom. The molecule has 99 heavy (non-hydrogen) atoms. The third kappa shape index (κ3) is 16.2. The summed E-state index contributed by atoms with van der Waals surface area (Å²) in [4.78, 5) is 3.95. The molecule has 4 saturated carbocycles. The fourth-order valence-corrected chi connectivity index (χ4v) is 17.6. The van der Waals surface area contributed by atoms with Crippen molar-refractivity contribution in [3.05, 3.63) is 0 Å². The van der Waals surface area contributed by atoms with Crippen LogP contribution in [0.5, 0.6) is 0 Å². The zero-order valence-corrected chi connectivity index (χ0v) is 54.8. The highest BCUT2D eigenvalue weighted by molar-refractivity contribution is 5.05. The van der Waals surface area contributed by atoms with Gasteiger partial charge < -0.3 is 179 Å². The van der Waals surface area contributed by atoms with Crippen LogP contribution in [0.25, 0.3) is 0 Å². The first kappa shape index (κ1) is 77.1. The molecule has 14 aliphatic heterocycles. The molecule has 18 aliphatic rings. The largest absolute Gasteiger partial charge is 0.394 e. The van der Waals surface area contributed by atoms with E-state index in [0.717, 1.165) is 25.7 Å². The average Bonchev–Trinajstić information content (AvgIpc) is 0.755. The Morgan fingerprint density at radius 2 is 0.586 bits per heavy atom. The lowest BCUT2D eigenvalue weighted by Crippen LogP contribution is -2.68. The zero-order valence-electron chi connectivity index (χ0n) is 54.8. The van der Waals surface area contributed by atoms with Gasteiger partial charge in [0.2, 0.25) is 0 Å². The van der Waals surface area contributed by atoms with Gasteiger partial charge in [0.1, 0.15) is 171 Å². The molecule has 4 aliphatic carbocycles. The lowest BCUT2D eigenvalue weighted by molar-refractivity contribution is -0.396. The maximum atomic E-state index is 12.5. The van der Waals surface area contributed by atoms with Crippen LogP contribution >= 0.6 is 0 Å². The standard InChI is InChI=1S/C62H105N3O34/c63-4-9-85-10-8-65-6-2-1-5-64(7-3-62-14-24-11-25(15-62)13-26(12-24)16-62)17-27-48-34(71)41(78)55(86-27)95-50-29(19-66)90-60(45(82)38(50)75)99-54-33(23-70)92-61(47(84)40(54)77)98-53-32(22-69)89-58(44(81)37(53)74)94-49-28(18-65)87-56(42(79)35(49)72)96-51-30(20-67)91-59(46(83)39(51)76)97-52-31(21-68)88-57(93-48)43(80)36(52)73/h24-61,66-84H,1-23,63H2/t24?,25?,26?,27-,28-,29-,30-,31-,32-,33-,34?,35?,36?,37?,38?,39?,40?,41?,42?,43?,44?,45?,46?,47?,48-,49-,50-,51-,52-,53-,54-,55-,56-,57-,58-,59-,60-,61-,62?/m1/s1. The lowest BCUT2D eigenvalue weighted by atomic mass is 9.49. The van der Waals surface area contributed by atoms with Crippen LogP contribution in [0.15, 0.2) is 0 Å². The molecule has 0 spiro atoms. The number of aliphatic hydroxyl groups excluding tert-OH is 19. The van der Waals surface area contributed by atoms with Crippen LogP contribution in [-0.2, 0) is 71.1 Å². The van der Waals surface area contributed by atoms with E-state index in [-0.39, 0.29) is 51.4 Å². The highest BCUT2D eigenvalue weighted by atomic mass is 16.8. The van der Waals surface area contributed by atoms with Crippen LogP contribution < -0.4 is 5.73 Å². The number of hydrogen-bond acceptors (Lipinski definition) is 37. The molecule has 18 bridgehead atoms. The quantitative estimate of drug-likeness (QED) is 0.0762. The van der Waals surface area contributed by atoms with Gasteiger partial charge in [-0.05, 0) is 101 Å². The highest BCUT2D eigenvalue weighted by Gasteiger charge is 2.61. The molecular weight excluding hydrogens is 1330 g/mol. The fourth-order valence-electron chi connectivity index (χ4n) is 17.6. The van der Waals surface area contributed by atoms with Crippen molar-refractivity contribution in [2.45, 2.75) is 273 Å². The van der Waals surface area contributed by atoms with Gasteiger partial charge >= 0.3 is 0 Å². The van der Waals surface area contributed by atoms with Gasteiger partial charge in [-0.2, -0.15) is 0 Å². The molecule has 37 nitrogen and oxygen atoms in total. The Hall–Kier alpha value is -1.48. The van der Waals surface area contributed by atoms with Crippen molar-refractivity contribution in [3.63, 3.8) is 0 Å². The third-order valence-corrected chi connectivity index (χ3v) is 22.4. The van der Waals surface area contributed by atoms with Gasteiger partial charge in [0.15, 0.2) is 44.0 Å². The first-order valence-corrected chi connectivity index (χ1v) is 35.0. The summed E-state index contributed by atoms with van der Waals surface area (Å²) < 4.78 is 91.9. The third-order valence-electron chi connectivity index (χ3n) is 22.4. The number of fused-ring (bicyclic) bond motifs is 5. The van der Waals surface area contributed by atoms with E-state index in [2.05, 4.69) is 4.90 Å². The van der Waals surface area contributed by atoms with Gasteiger partial charge in [0.25, 0.3) is 0 Å². The molecule has 14 saturated heterocycles. The molecule has 0 radical (unpaired) electrons. The monoisotopic (exact) mass is 1440 g/mol. The Bertz CT molecular complexity index is 2470. The molecule has 572 valence electrons. The molecule has 14 unspecified atom stereocenters. The molecule has 0 aromatic carbocycles. The van der Waals surface area contributed by atoms with Gasteiger partial charge in [-0.3, -0.25) is 4.90 Å². The van der Waals surface area contributed by atoms with Crippen molar-refractivity contribution < 1.29 is 168 Å². The molecule has 14 heterocycles. The molecule has 0 aromatic rings. The number of ether oxygens (including phenoxy) is 15. The Morgan fingerprint density at radius 3 is 0.869 bits per heavy atom. The molecule has 0 aromatic heterocycles. The summed E-state index contributed by atoms with van der Waals surface area (Å²) in [5, 5.41) is 221. The second kappa shape index (κ2) is 33.3. The van der Waals surface area contributed by atoms with E-state index in [4.69, 9.17) is 76.8 Å². The fraction of sp³-hybridized carbons (Fsp3) is 1.00. The van der Waals surface area contributed by atoms with Gasteiger partial charge in [0, 0.05) is 26.2 Å². The normalized spacial score (nSPS) is 52.8. The van der Waals surface area contributed by atoms with Crippen LogP contribution in [0.3, 0.4) is 0 Å². The average molecular weight is 1440 g/mol. The minimum atomic E-state index is -2.19. The second-order valence-corrected chi connectivity index (χ2v) is 29.2. The minimum absolute atomic E-state index is 0.00619. The molecule has 37 heteroatoms. The van der Waals surface area contributed by atoms with Crippen molar-refractivity contribution in [2.75, 3.05) is 92.1 Å². The van der Waals surface area contributed by atoms with Crippen LogP contribution in [0.2, 0.25) is 0 Å². The van der Waals surface area contributed by atoms with E-state index < -0.39 is 248 Å². The van der Waals surface area contributed by atoms with Crippen LogP contribution in [0.1, 0.15) is 57.8 Å². The molecular formula is C62H105N3O34. The van der Waals surface area contributed by atoms with Crippen molar-refractivity contribution in [1.82, 2.24) is 9.80 Å². The Balaban J connectivity index is 0.943. The molecule has 0 amide bonds. The maximum Gasteiger partial charge on any atom is 0.187 e. The topological polar surface area (TPSA) is 555 Å². The summed E-state index contributed by atoms with van der Waals surface area (Å²) in [7, 11) is 0. The van der Waals surface area contributed by atoms with Crippen LogP contribution in [0, 0.1) is 23.2 Å². The smallest absolute Gasteiger partial charge is 0.187 e. The number of hydrogen-bond donors (Lipinski definition) is 20. The van der Waals surface area contributed by atoms with E-state index in [1.54, 1.807) is 0 Å². The van der Waals surface area contributed by atoms with Crippen LogP contribution in [-0.4, -0.2) is 414 Å². The first-order valence-electron chi connectivity index (χ1n) is 35.0. The van der Waals surface area contributed by atoms with Gasteiger partial charge in [-0.15, -0.1) is 0 Å². The number of nitrogens with zero attached hydrogens (tertiary/aromatic N) is 2. The number of rotatable bonds is 13. The predicted octanol–water partition coefficient (Wildman–Crippen LogP) is -11.2. The summed E-state index contributed by atoms with van der Waals surface area (Å²) in [5.41, 5.74) is 5.82. The maximum absolute atomic E-state index is 12.5. The van der Waals surface area contributed by atoms with E-state index in [9.17, 15) is 97.0 Å². The van der Waals surface area contributed by atoms with Crippen molar-refractivity contribution in [2.24, 2.45) is 28.9 Å². The minimum Gasteiger partial charge on any atom is -0.394 e. The van der Waals surface area contributed by atoms with Gasteiger partial charge in [-0.25, -0.2) is 0 Å². The van der Waals surface area contributed by atoms with Crippen molar-refractivity contribution >= 4 is 0 Å². The summed E-state index contributed by atoms with van der Waals surface area (Å²) >= 11 is 0. The lowest BCUT2D eigenvalue weighted by Gasteiger charge is -2.57. The Labute approximate surface area is 570 Å². The molecule has 18 rings (SSSR count). The van der Waals surface area contributed by atoms with Crippen molar-refractivity contribution in [3.8, 4) is 0 Å². The summed E-state index contributed by atoms with van der Waals surface area (Å²) in [6.07, 6.45) is -59.9.